The van der Waals surface area contributed by atoms with Gasteiger partial charge in [0, 0.05) is 16.2 Å². The SMILES string of the molecule is CCCCCCOc1ccc(Br)cc1C(=O)NC(=S)Nc1cccc(OC(C)C)c1. The molecule has 2 aromatic carbocycles. The van der Waals surface area contributed by atoms with Crippen LogP contribution in [0.1, 0.15) is 56.8 Å². The average Bonchev–Trinajstić information content (AvgIpc) is 2.68. The Labute approximate surface area is 192 Å². The highest BCUT2D eigenvalue weighted by Crippen LogP contribution is 2.24. The van der Waals surface area contributed by atoms with Gasteiger partial charge in [0.25, 0.3) is 5.91 Å². The van der Waals surface area contributed by atoms with Gasteiger partial charge in [0.15, 0.2) is 5.11 Å². The first-order chi connectivity index (χ1) is 14.4. The normalized spacial score (nSPS) is 10.6. The molecule has 2 aromatic rings. The maximum atomic E-state index is 12.8. The highest BCUT2D eigenvalue weighted by Gasteiger charge is 2.15. The first-order valence-electron chi connectivity index (χ1n) is 10.2. The molecule has 2 N–H and O–H groups in total. The lowest BCUT2D eigenvalue weighted by atomic mass is 10.2. The van der Waals surface area contributed by atoms with Gasteiger partial charge in [0.2, 0.25) is 0 Å². The number of hydrogen-bond donors (Lipinski definition) is 2. The van der Waals surface area contributed by atoms with Crippen LogP contribution in [0.3, 0.4) is 0 Å². The minimum absolute atomic E-state index is 0.0730. The van der Waals surface area contributed by atoms with Crippen molar-refractivity contribution in [3.05, 3.63) is 52.5 Å². The van der Waals surface area contributed by atoms with Crippen LogP contribution in [0.2, 0.25) is 0 Å². The molecule has 0 radical (unpaired) electrons. The Kier molecular flexibility index (Phi) is 10.1. The zero-order chi connectivity index (χ0) is 21.9. The van der Waals surface area contributed by atoms with Gasteiger partial charge < -0.3 is 14.8 Å². The van der Waals surface area contributed by atoms with Crippen LogP contribution in [0.5, 0.6) is 11.5 Å². The lowest BCUT2D eigenvalue weighted by molar-refractivity contribution is 0.0973. The molecule has 162 valence electrons. The number of carbonyl (C=O) groups is 1. The molecule has 0 saturated carbocycles. The van der Waals surface area contributed by atoms with Crippen LogP contribution < -0.4 is 20.1 Å². The van der Waals surface area contributed by atoms with E-state index < -0.39 is 0 Å². The Morgan fingerprint density at radius 3 is 2.67 bits per heavy atom. The minimum Gasteiger partial charge on any atom is -0.493 e. The second-order valence-electron chi connectivity index (χ2n) is 7.15. The predicted molar refractivity (Wildman–Crippen MR) is 130 cm³/mol. The molecule has 2 rings (SSSR count). The molecule has 0 aliphatic heterocycles. The molecule has 7 heteroatoms. The highest BCUT2D eigenvalue weighted by molar-refractivity contribution is 9.10. The molecule has 0 aromatic heterocycles. The molecule has 30 heavy (non-hydrogen) atoms. The minimum atomic E-state index is -0.327. The number of halogens is 1. The fourth-order valence-corrected chi connectivity index (χ4v) is 3.34. The third-order valence-corrected chi connectivity index (χ3v) is 4.83. The zero-order valence-electron chi connectivity index (χ0n) is 17.7. The number of anilines is 1. The maximum absolute atomic E-state index is 12.8. The molecule has 0 unspecified atom stereocenters. The van der Waals surface area contributed by atoms with Crippen LogP contribution in [0.15, 0.2) is 46.9 Å². The van der Waals surface area contributed by atoms with Gasteiger partial charge in [-0.15, -0.1) is 0 Å². The topological polar surface area (TPSA) is 59.6 Å². The third-order valence-electron chi connectivity index (χ3n) is 4.13. The molecule has 0 fully saturated rings. The van der Waals surface area contributed by atoms with E-state index in [-0.39, 0.29) is 17.1 Å². The Morgan fingerprint density at radius 1 is 1.13 bits per heavy atom. The number of thiocarbonyl (C=S) groups is 1. The van der Waals surface area contributed by atoms with E-state index in [1.165, 1.54) is 12.8 Å². The van der Waals surface area contributed by atoms with E-state index in [0.717, 1.165) is 28.8 Å². The molecule has 0 bridgehead atoms. The number of ether oxygens (including phenoxy) is 2. The van der Waals surface area contributed by atoms with E-state index in [9.17, 15) is 4.79 Å². The molecule has 1 amide bonds. The summed E-state index contributed by atoms with van der Waals surface area (Å²) < 4.78 is 12.3. The van der Waals surface area contributed by atoms with Gasteiger partial charge in [-0.1, -0.05) is 48.2 Å². The molecule has 0 aliphatic rings. The van der Waals surface area contributed by atoms with Crippen molar-refractivity contribution in [1.29, 1.82) is 0 Å². The summed E-state index contributed by atoms with van der Waals surface area (Å²) in [4.78, 5) is 12.8. The number of rotatable bonds is 10. The van der Waals surface area contributed by atoms with E-state index in [1.807, 2.05) is 44.2 Å². The van der Waals surface area contributed by atoms with Crippen LogP contribution in [0.4, 0.5) is 5.69 Å². The van der Waals surface area contributed by atoms with Crippen LogP contribution >= 0.6 is 28.1 Å². The summed E-state index contributed by atoms with van der Waals surface area (Å²) in [5.41, 5.74) is 1.17. The molecule has 5 nitrogen and oxygen atoms in total. The van der Waals surface area contributed by atoms with E-state index >= 15 is 0 Å². The second kappa shape index (κ2) is 12.5. The quantitative estimate of drug-likeness (QED) is 0.300. The molecule has 0 aliphatic carbocycles. The summed E-state index contributed by atoms with van der Waals surface area (Å²) in [6, 6.07) is 12.8. The third kappa shape index (κ3) is 8.32. The van der Waals surface area contributed by atoms with Gasteiger partial charge in [0.1, 0.15) is 11.5 Å². The largest absolute Gasteiger partial charge is 0.493 e. The first-order valence-corrected chi connectivity index (χ1v) is 11.4. The first kappa shape index (κ1) is 24.2. The summed E-state index contributed by atoms with van der Waals surface area (Å²) in [6.45, 7) is 6.68. The van der Waals surface area contributed by atoms with E-state index in [2.05, 4.69) is 33.5 Å². The van der Waals surface area contributed by atoms with Gasteiger partial charge >= 0.3 is 0 Å². The summed E-state index contributed by atoms with van der Waals surface area (Å²) in [5.74, 6) is 0.948. The molecule has 0 saturated heterocycles. The molecular formula is C23H29BrN2O3S. The van der Waals surface area contributed by atoms with Crippen molar-refractivity contribution in [3.8, 4) is 11.5 Å². The average molecular weight is 493 g/mol. The van der Waals surface area contributed by atoms with Crippen molar-refractivity contribution in [2.75, 3.05) is 11.9 Å². The summed E-state index contributed by atoms with van der Waals surface area (Å²) in [5, 5.41) is 5.95. The van der Waals surface area contributed by atoms with Crippen molar-refractivity contribution in [3.63, 3.8) is 0 Å². The Hall–Kier alpha value is -2.12. The van der Waals surface area contributed by atoms with Crippen LogP contribution in [-0.4, -0.2) is 23.7 Å². The van der Waals surface area contributed by atoms with Crippen LogP contribution in [-0.2, 0) is 0 Å². The lowest BCUT2D eigenvalue weighted by Gasteiger charge is -2.14. The Morgan fingerprint density at radius 2 is 1.93 bits per heavy atom. The van der Waals surface area contributed by atoms with Crippen LogP contribution in [0.25, 0.3) is 0 Å². The Balaban J connectivity index is 1.99. The number of nitrogens with one attached hydrogen (secondary N) is 2. The number of carbonyl (C=O) groups excluding carboxylic acids is 1. The second-order valence-corrected chi connectivity index (χ2v) is 8.48. The summed E-state index contributed by atoms with van der Waals surface area (Å²) >= 11 is 8.73. The lowest BCUT2D eigenvalue weighted by Crippen LogP contribution is -2.34. The van der Waals surface area contributed by atoms with Crippen molar-refractivity contribution < 1.29 is 14.3 Å². The van der Waals surface area contributed by atoms with Crippen LogP contribution in [0, 0.1) is 0 Å². The summed E-state index contributed by atoms with van der Waals surface area (Å²) in [7, 11) is 0. The number of unbranched alkanes of at least 4 members (excludes halogenated alkanes) is 3. The predicted octanol–water partition coefficient (Wildman–Crippen LogP) is 6.32. The van der Waals surface area contributed by atoms with Crippen molar-refractivity contribution in [2.45, 2.75) is 52.6 Å². The number of amides is 1. The van der Waals surface area contributed by atoms with E-state index in [4.69, 9.17) is 21.7 Å². The fraction of sp³-hybridized carbons (Fsp3) is 0.391. The van der Waals surface area contributed by atoms with Gasteiger partial charge in [-0.25, -0.2) is 0 Å². The summed E-state index contributed by atoms with van der Waals surface area (Å²) in [6.07, 6.45) is 4.49. The maximum Gasteiger partial charge on any atom is 0.261 e. The van der Waals surface area contributed by atoms with Crippen molar-refractivity contribution >= 4 is 44.9 Å². The fourth-order valence-electron chi connectivity index (χ4n) is 2.77. The number of hydrogen-bond acceptors (Lipinski definition) is 4. The number of benzene rings is 2. The van der Waals surface area contributed by atoms with Gasteiger partial charge in [-0.05, 0) is 62.8 Å². The molecule has 0 atom stereocenters. The van der Waals surface area contributed by atoms with Gasteiger partial charge in [-0.3, -0.25) is 10.1 Å². The molecule has 0 heterocycles. The highest BCUT2D eigenvalue weighted by atomic mass is 79.9. The smallest absolute Gasteiger partial charge is 0.261 e. The zero-order valence-corrected chi connectivity index (χ0v) is 20.1. The van der Waals surface area contributed by atoms with Crippen molar-refractivity contribution in [1.82, 2.24) is 5.32 Å². The van der Waals surface area contributed by atoms with E-state index in [1.54, 1.807) is 12.1 Å². The van der Waals surface area contributed by atoms with Crippen molar-refractivity contribution in [2.24, 2.45) is 0 Å². The standard InChI is InChI=1S/C23H29BrN2O3S/c1-4-5-6-7-13-28-21-12-11-17(24)14-20(21)22(27)26-23(30)25-18-9-8-10-19(15-18)29-16(2)3/h8-12,14-16H,4-7,13H2,1-3H3,(H2,25,26,27,30). The van der Waals surface area contributed by atoms with Gasteiger partial charge in [-0.2, -0.15) is 0 Å². The molecule has 0 spiro atoms. The molecular weight excluding hydrogens is 464 g/mol. The van der Waals surface area contributed by atoms with Gasteiger partial charge in [0.05, 0.1) is 18.3 Å². The Bertz CT molecular complexity index is 858. The monoisotopic (exact) mass is 492 g/mol. The van der Waals surface area contributed by atoms with E-state index in [0.29, 0.717) is 17.9 Å².